The Morgan fingerprint density at radius 3 is 2.86 bits per heavy atom. The third-order valence-electron chi connectivity index (χ3n) is 4.70. The molecule has 21 heavy (non-hydrogen) atoms. The van der Waals surface area contributed by atoms with Crippen LogP contribution in [-0.4, -0.2) is 36.7 Å². The lowest BCUT2D eigenvalue weighted by Gasteiger charge is -2.35. The van der Waals surface area contributed by atoms with Crippen LogP contribution in [0.15, 0.2) is 18.2 Å². The van der Waals surface area contributed by atoms with Crippen molar-refractivity contribution in [1.82, 2.24) is 10.2 Å². The third kappa shape index (κ3) is 3.95. The standard InChI is InChI=1S/C17H27FN2O/c1-5-17(3)12-20(13(2)8-9-19-17)11-14-6-7-15(21-4)10-16(14)18/h6-7,10,13,19H,5,8-9,11-12H2,1-4H3. The van der Waals surface area contributed by atoms with E-state index in [0.29, 0.717) is 18.3 Å². The number of halogens is 1. The van der Waals surface area contributed by atoms with Crippen LogP contribution in [0.2, 0.25) is 0 Å². The summed E-state index contributed by atoms with van der Waals surface area (Å²) in [7, 11) is 1.56. The molecule has 1 N–H and O–H groups in total. The Morgan fingerprint density at radius 1 is 1.48 bits per heavy atom. The number of nitrogens with one attached hydrogen (secondary N) is 1. The summed E-state index contributed by atoms with van der Waals surface area (Å²) >= 11 is 0. The van der Waals surface area contributed by atoms with E-state index >= 15 is 0 Å². The minimum atomic E-state index is -0.183. The number of methoxy groups -OCH3 is 1. The molecule has 0 radical (unpaired) electrons. The van der Waals surface area contributed by atoms with Gasteiger partial charge in [0.05, 0.1) is 7.11 Å². The molecule has 3 nitrogen and oxygen atoms in total. The summed E-state index contributed by atoms with van der Waals surface area (Å²) < 4.78 is 19.2. The number of ether oxygens (including phenoxy) is 1. The second kappa shape index (κ2) is 6.75. The summed E-state index contributed by atoms with van der Waals surface area (Å²) in [6.45, 7) is 9.29. The van der Waals surface area contributed by atoms with Crippen molar-refractivity contribution in [3.8, 4) is 5.75 Å². The van der Waals surface area contributed by atoms with Crippen molar-refractivity contribution in [2.24, 2.45) is 0 Å². The molecule has 4 heteroatoms. The average Bonchev–Trinajstić information content (AvgIpc) is 2.61. The number of hydrogen-bond acceptors (Lipinski definition) is 3. The summed E-state index contributed by atoms with van der Waals surface area (Å²) in [5.41, 5.74) is 0.844. The predicted molar refractivity (Wildman–Crippen MR) is 84.1 cm³/mol. The maximum atomic E-state index is 14.2. The summed E-state index contributed by atoms with van der Waals surface area (Å²) in [5.74, 6) is 0.386. The van der Waals surface area contributed by atoms with E-state index in [-0.39, 0.29) is 11.4 Å². The van der Waals surface area contributed by atoms with Crippen LogP contribution in [-0.2, 0) is 6.54 Å². The Hall–Kier alpha value is -1.13. The molecule has 2 unspecified atom stereocenters. The quantitative estimate of drug-likeness (QED) is 0.923. The van der Waals surface area contributed by atoms with Gasteiger partial charge in [0.15, 0.2) is 0 Å². The minimum absolute atomic E-state index is 0.105. The monoisotopic (exact) mass is 294 g/mol. The van der Waals surface area contributed by atoms with E-state index in [1.54, 1.807) is 7.11 Å². The highest BCUT2D eigenvalue weighted by molar-refractivity contribution is 5.29. The van der Waals surface area contributed by atoms with Crippen molar-refractivity contribution in [3.63, 3.8) is 0 Å². The van der Waals surface area contributed by atoms with Gasteiger partial charge >= 0.3 is 0 Å². The van der Waals surface area contributed by atoms with Crippen LogP contribution < -0.4 is 10.1 Å². The Kier molecular flexibility index (Phi) is 5.22. The van der Waals surface area contributed by atoms with Crippen LogP contribution >= 0.6 is 0 Å². The van der Waals surface area contributed by atoms with E-state index in [1.807, 2.05) is 12.1 Å². The van der Waals surface area contributed by atoms with Crippen molar-refractivity contribution < 1.29 is 9.13 Å². The minimum Gasteiger partial charge on any atom is -0.497 e. The Balaban J connectivity index is 2.15. The molecule has 2 atom stereocenters. The van der Waals surface area contributed by atoms with Crippen molar-refractivity contribution in [2.45, 2.75) is 51.7 Å². The first-order valence-corrected chi connectivity index (χ1v) is 7.79. The molecule has 1 aliphatic rings. The maximum Gasteiger partial charge on any atom is 0.131 e. The summed E-state index contributed by atoms with van der Waals surface area (Å²) in [4.78, 5) is 2.38. The van der Waals surface area contributed by atoms with Crippen molar-refractivity contribution >= 4 is 0 Å². The lowest BCUT2D eigenvalue weighted by Crippen LogP contribution is -2.49. The zero-order valence-electron chi connectivity index (χ0n) is 13.6. The van der Waals surface area contributed by atoms with E-state index in [4.69, 9.17) is 4.74 Å². The summed E-state index contributed by atoms with van der Waals surface area (Å²) in [6.07, 6.45) is 2.16. The van der Waals surface area contributed by atoms with E-state index in [1.165, 1.54) is 6.07 Å². The fourth-order valence-corrected chi connectivity index (χ4v) is 2.88. The van der Waals surface area contributed by atoms with Gasteiger partial charge in [-0.25, -0.2) is 4.39 Å². The first-order chi connectivity index (χ1) is 9.97. The maximum absolute atomic E-state index is 14.2. The third-order valence-corrected chi connectivity index (χ3v) is 4.70. The fourth-order valence-electron chi connectivity index (χ4n) is 2.88. The number of benzene rings is 1. The van der Waals surface area contributed by atoms with Gasteiger partial charge in [-0.3, -0.25) is 4.90 Å². The zero-order chi connectivity index (χ0) is 15.5. The second-order valence-corrected chi connectivity index (χ2v) is 6.34. The number of hydrogen-bond donors (Lipinski definition) is 1. The molecule has 1 aromatic rings. The van der Waals surface area contributed by atoms with E-state index in [9.17, 15) is 4.39 Å². The molecule has 118 valence electrons. The number of rotatable bonds is 4. The Bertz CT molecular complexity index is 480. The van der Waals surface area contributed by atoms with Gasteiger partial charge in [0.1, 0.15) is 11.6 Å². The molecule has 0 bridgehead atoms. The molecular weight excluding hydrogens is 267 g/mol. The molecule has 0 spiro atoms. The van der Waals surface area contributed by atoms with Crippen LogP contribution in [0.1, 0.15) is 39.2 Å². The second-order valence-electron chi connectivity index (χ2n) is 6.34. The smallest absolute Gasteiger partial charge is 0.131 e. The lowest BCUT2D eigenvalue weighted by atomic mass is 9.98. The highest BCUT2D eigenvalue weighted by Crippen LogP contribution is 2.23. The molecule has 0 saturated carbocycles. The summed E-state index contributed by atoms with van der Waals surface area (Å²) in [6, 6.07) is 5.59. The van der Waals surface area contributed by atoms with Crippen molar-refractivity contribution in [3.05, 3.63) is 29.6 Å². The van der Waals surface area contributed by atoms with Gasteiger partial charge in [0.25, 0.3) is 0 Å². The number of nitrogens with zero attached hydrogens (tertiary/aromatic N) is 1. The van der Waals surface area contributed by atoms with Crippen LogP contribution in [0.3, 0.4) is 0 Å². The Morgan fingerprint density at radius 2 is 2.24 bits per heavy atom. The van der Waals surface area contributed by atoms with E-state index < -0.39 is 0 Å². The molecule has 0 aromatic heterocycles. The molecule has 1 fully saturated rings. The molecule has 1 aromatic carbocycles. The topological polar surface area (TPSA) is 24.5 Å². The molecule has 0 aliphatic carbocycles. The average molecular weight is 294 g/mol. The molecular formula is C17H27FN2O. The van der Waals surface area contributed by atoms with Gasteiger partial charge < -0.3 is 10.1 Å². The van der Waals surface area contributed by atoms with Crippen LogP contribution in [0.4, 0.5) is 4.39 Å². The first-order valence-electron chi connectivity index (χ1n) is 7.79. The normalized spacial score (nSPS) is 27.4. The fraction of sp³-hybridized carbons (Fsp3) is 0.647. The largest absolute Gasteiger partial charge is 0.497 e. The molecule has 1 heterocycles. The first kappa shape index (κ1) is 16.2. The van der Waals surface area contributed by atoms with E-state index in [2.05, 4.69) is 31.0 Å². The van der Waals surface area contributed by atoms with Gasteiger partial charge in [0.2, 0.25) is 0 Å². The Labute approximate surface area is 127 Å². The van der Waals surface area contributed by atoms with Crippen LogP contribution in [0, 0.1) is 5.82 Å². The van der Waals surface area contributed by atoms with Gasteiger partial charge in [-0.15, -0.1) is 0 Å². The SMILES string of the molecule is CCC1(C)CN(Cc2ccc(OC)cc2F)C(C)CCN1. The molecule has 2 rings (SSSR count). The van der Waals surface area contributed by atoms with E-state index in [0.717, 1.165) is 31.5 Å². The van der Waals surface area contributed by atoms with Gasteiger partial charge in [-0.2, -0.15) is 0 Å². The van der Waals surface area contributed by atoms with Crippen LogP contribution in [0.25, 0.3) is 0 Å². The lowest BCUT2D eigenvalue weighted by molar-refractivity contribution is 0.162. The summed E-state index contributed by atoms with van der Waals surface area (Å²) in [5, 5.41) is 3.63. The van der Waals surface area contributed by atoms with Gasteiger partial charge in [-0.05, 0) is 39.3 Å². The zero-order valence-corrected chi connectivity index (χ0v) is 13.6. The molecule has 1 saturated heterocycles. The van der Waals surface area contributed by atoms with Gasteiger partial charge in [0, 0.05) is 36.3 Å². The van der Waals surface area contributed by atoms with Crippen LogP contribution in [0.5, 0.6) is 5.75 Å². The predicted octanol–water partition coefficient (Wildman–Crippen LogP) is 3.19. The van der Waals surface area contributed by atoms with Gasteiger partial charge in [-0.1, -0.05) is 13.0 Å². The van der Waals surface area contributed by atoms with Crippen molar-refractivity contribution in [2.75, 3.05) is 20.2 Å². The highest BCUT2D eigenvalue weighted by Gasteiger charge is 2.30. The molecule has 0 amide bonds. The molecule has 1 aliphatic heterocycles. The van der Waals surface area contributed by atoms with Crippen molar-refractivity contribution in [1.29, 1.82) is 0 Å². The highest BCUT2D eigenvalue weighted by atomic mass is 19.1.